The fraction of sp³-hybridized carbons (Fsp3) is 0. The molecule has 0 heterocycles. The van der Waals surface area contributed by atoms with E-state index in [0.717, 1.165) is 18.2 Å². The number of phenolic OH excluding ortho intramolecular Hbond substituents is 1. The smallest absolute Gasteiger partial charge is 0.271 e. The standard InChI is InChI=1S/C12H8Cl2N2O5S/c13-8-2-1-3-11(12(8)14)22(20,21)15-9-6-7(16(18)19)4-5-10(9)17/h1-6,15,17H. The third kappa shape index (κ3) is 3.24. The van der Waals surface area contributed by atoms with Gasteiger partial charge < -0.3 is 5.11 Å². The van der Waals surface area contributed by atoms with Crippen molar-refractivity contribution < 1.29 is 18.4 Å². The topological polar surface area (TPSA) is 110 Å². The maximum atomic E-state index is 12.3. The van der Waals surface area contributed by atoms with E-state index in [1.807, 2.05) is 4.72 Å². The number of halogens is 2. The van der Waals surface area contributed by atoms with Gasteiger partial charge in [0.15, 0.2) is 0 Å². The van der Waals surface area contributed by atoms with Crippen molar-refractivity contribution in [2.24, 2.45) is 0 Å². The van der Waals surface area contributed by atoms with Crippen LogP contribution in [-0.2, 0) is 10.0 Å². The molecule has 0 radical (unpaired) electrons. The van der Waals surface area contributed by atoms with E-state index in [-0.39, 0.29) is 26.3 Å². The van der Waals surface area contributed by atoms with Gasteiger partial charge in [-0.05, 0) is 18.2 Å². The van der Waals surface area contributed by atoms with E-state index < -0.39 is 20.7 Å². The van der Waals surface area contributed by atoms with Crippen LogP contribution in [0.15, 0.2) is 41.3 Å². The molecular weight excluding hydrogens is 355 g/mol. The van der Waals surface area contributed by atoms with Crippen molar-refractivity contribution in [3.8, 4) is 5.75 Å². The predicted molar refractivity (Wildman–Crippen MR) is 82.0 cm³/mol. The molecule has 7 nitrogen and oxygen atoms in total. The molecule has 0 saturated carbocycles. The van der Waals surface area contributed by atoms with Gasteiger partial charge in [-0.25, -0.2) is 8.42 Å². The quantitative estimate of drug-likeness (QED) is 0.491. The van der Waals surface area contributed by atoms with Gasteiger partial charge in [-0.2, -0.15) is 0 Å². The average Bonchev–Trinajstić information content (AvgIpc) is 2.43. The highest BCUT2D eigenvalue weighted by atomic mass is 35.5. The number of aromatic hydroxyl groups is 1. The molecule has 0 fully saturated rings. The number of nitro groups is 1. The zero-order valence-electron chi connectivity index (χ0n) is 10.7. The molecule has 0 spiro atoms. The molecule has 2 aromatic carbocycles. The van der Waals surface area contributed by atoms with Gasteiger partial charge in [0.2, 0.25) is 0 Å². The van der Waals surface area contributed by atoms with Gasteiger partial charge in [-0.3, -0.25) is 14.8 Å². The highest BCUT2D eigenvalue weighted by Gasteiger charge is 2.22. The number of nitro benzene ring substituents is 1. The molecule has 116 valence electrons. The monoisotopic (exact) mass is 362 g/mol. The highest BCUT2D eigenvalue weighted by Crippen LogP contribution is 2.33. The lowest BCUT2D eigenvalue weighted by Crippen LogP contribution is -2.13. The summed E-state index contributed by atoms with van der Waals surface area (Å²) in [4.78, 5) is 9.68. The van der Waals surface area contributed by atoms with Crippen LogP contribution < -0.4 is 4.72 Å². The fourth-order valence-electron chi connectivity index (χ4n) is 1.61. The minimum absolute atomic E-state index is 0.0350. The van der Waals surface area contributed by atoms with Gasteiger partial charge in [-0.15, -0.1) is 0 Å². The maximum Gasteiger partial charge on any atom is 0.271 e. The van der Waals surface area contributed by atoms with Crippen molar-refractivity contribution in [2.75, 3.05) is 4.72 Å². The molecule has 0 aliphatic carbocycles. The molecular formula is C12H8Cl2N2O5S. The molecule has 0 unspecified atom stereocenters. The number of anilines is 1. The Hall–Kier alpha value is -2.03. The molecule has 0 aliphatic rings. The molecule has 0 aromatic heterocycles. The number of hydrogen-bond acceptors (Lipinski definition) is 5. The lowest BCUT2D eigenvalue weighted by atomic mass is 10.2. The van der Waals surface area contributed by atoms with E-state index in [4.69, 9.17) is 23.2 Å². The van der Waals surface area contributed by atoms with Crippen LogP contribution >= 0.6 is 23.2 Å². The van der Waals surface area contributed by atoms with E-state index in [9.17, 15) is 23.6 Å². The Morgan fingerprint density at radius 1 is 1.18 bits per heavy atom. The number of non-ortho nitro benzene ring substituents is 1. The van der Waals surface area contributed by atoms with Crippen molar-refractivity contribution in [3.05, 3.63) is 56.6 Å². The van der Waals surface area contributed by atoms with Crippen LogP contribution in [0.3, 0.4) is 0 Å². The van der Waals surface area contributed by atoms with Crippen molar-refractivity contribution >= 4 is 44.6 Å². The van der Waals surface area contributed by atoms with Gasteiger partial charge in [0, 0.05) is 12.1 Å². The fourth-order valence-corrected chi connectivity index (χ4v) is 3.44. The van der Waals surface area contributed by atoms with Crippen LogP contribution in [-0.4, -0.2) is 18.4 Å². The highest BCUT2D eigenvalue weighted by molar-refractivity contribution is 7.92. The summed E-state index contributed by atoms with van der Waals surface area (Å²) >= 11 is 11.6. The minimum atomic E-state index is -4.18. The number of sulfonamides is 1. The van der Waals surface area contributed by atoms with Gasteiger partial charge in [-0.1, -0.05) is 29.3 Å². The van der Waals surface area contributed by atoms with Crippen LogP contribution in [0.5, 0.6) is 5.75 Å². The first-order valence-corrected chi connectivity index (χ1v) is 7.90. The first-order chi connectivity index (χ1) is 10.2. The minimum Gasteiger partial charge on any atom is -0.506 e. The van der Waals surface area contributed by atoms with E-state index in [2.05, 4.69) is 0 Å². The molecule has 2 rings (SSSR count). The SMILES string of the molecule is O=[N+]([O-])c1ccc(O)c(NS(=O)(=O)c2cccc(Cl)c2Cl)c1. The van der Waals surface area contributed by atoms with Crippen LogP contribution in [0, 0.1) is 10.1 Å². The van der Waals surface area contributed by atoms with Crippen molar-refractivity contribution in [3.63, 3.8) is 0 Å². The summed E-state index contributed by atoms with van der Waals surface area (Å²) in [7, 11) is -4.18. The van der Waals surface area contributed by atoms with Crippen molar-refractivity contribution in [1.82, 2.24) is 0 Å². The summed E-state index contributed by atoms with van der Waals surface area (Å²) in [5, 5.41) is 20.2. The first kappa shape index (κ1) is 16.3. The van der Waals surface area contributed by atoms with Crippen molar-refractivity contribution in [1.29, 1.82) is 0 Å². The summed E-state index contributed by atoms with van der Waals surface area (Å²) in [5.41, 5.74) is -0.724. The van der Waals surface area contributed by atoms with Crippen LogP contribution in [0.2, 0.25) is 10.0 Å². The number of benzene rings is 2. The lowest BCUT2D eigenvalue weighted by molar-refractivity contribution is -0.384. The lowest BCUT2D eigenvalue weighted by Gasteiger charge is -2.11. The van der Waals surface area contributed by atoms with Crippen LogP contribution in [0.4, 0.5) is 11.4 Å². The molecule has 22 heavy (non-hydrogen) atoms. The molecule has 10 heteroatoms. The molecule has 0 saturated heterocycles. The number of hydrogen-bond donors (Lipinski definition) is 2. The second-order valence-electron chi connectivity index (χ2n) is 4.12. The van der Waals surface area contributed by atoms with E-state index in [0.29, 0.717) is 0 Å². The third-order valence-corrected chi connectivity index (χ3v) is 4.98. The van der Waals surface area contributed by atoms with Gasteiger partial charge in [0.05, 0.1) is 20.7 Å². The number of nitrogens with one attached hydrogen (secondary N) is 1. The summed E-state index contributed by atoms with van der Waals surface area (Å²) in [5.74, 6) is -0.465. The van der Waals surface area contributed by atoms with Gasteiger partial charge >= 0.3 is 0 Å². The second kappa shape index (κ2) is 5.99. The molecule has 0 atom stereocenters. The molecule has 2 aromatic rings. The van der Waals surface area contributed by atoms with Gasteiger partial charge in [0.25, 0.3) is 15.7 Å². The average molecular weight is 363 g/mol. The predicted octanol–water partition coefficient (Wildman–Crippen LogP) is 3.41. The van der Waals surface area contributed by atoms with Crippen LogP contribution in [0.1, 0.15) is 0 Å². The Morgan fingerprint density at radius 2 is 1.86 bits per heavy atom. The largest absolute Gasteiger partial charge is 0.506 e. The Balaban J connectivity index is 2.47. The maximum absolute atomic E-state index is 12.3. The van der Waals surface area contributed by atoms with Crippen molar-refractivity contribution in [2.45, 2.75) is 4.90 Å². The Bertz CT molecular complexity index is 855. The molecule has 0 amide bonds. The number of phenols is 1. The second-order valence-corrected chi connectivity index (χ2v) is 6.55. The normalized spacial score (nSPS) is 11.2. The van der Waals surface area contributed by atoms with E-state index >= 15 is 0 Å². The molecule has 2 N–H and O–H groups in total. The Kier molecular flexibility index (Phi) is 4.45. The zero-order chi connectivity index (χ0) is 16.5. The Morgan fingerprint density at radius 3 is 2.50 bits per heavy atom. The summed E-state index contributed by atoms with van der Waals surface area (Å²) in [6, 6.07) is 6.95. The number of nitrogens with zero attached hydrogens (tertiary/aromatic N) is 1. The van der Waals surface area contributed by atoms with E-state index in [1.165, 1.54) is 18.2 Å². The third-order valence-electron chi connectivity index (χ3n) is 2.64. The summed E-state index contributed by atoms with van der Waals surface area (Å²) in [6.45, 7) is 0. The number of rotatable bonds is 4. The molecule has 0 bridgehead atoms. The van der Waals surface area contributed by atoms with Gasteiger partial charge in [0.1, 0.15) is 10.6 Å². The van der Waals surface area contributed by atoms with E-state index in [1.54, 1.807) is 0 Å². The van der Waals surface area contributed by atoms with Crippen LogP contribution in [0.25, 0.3) is 0 Å². The molecule has 0 aliphatic heterocycles. The summed E-state index contributed by atoms with van der Waals surface area (Å²) in [6.07, 6.45) is 0. The zero-order valence-corrected chi connectivity index (χ0v) is 13.0. The first-order valence-electron chi connectivity index (χ1n) is 5.66. The summed E-state index contributed by atoms with van der Waals surface area (Å²) < 4.78 is 26.6. The Labute approximate surface area is 135 Å².